The van der Waals surface area contributed by atoms with Gasteiger partial charge < -0.3 is 24.7 Å². The molecule has 1 aliphatic rings. The van der Waals surface area contributed by atoms with Crippen molar-refractivity contribution in [3.8, 4) is 0 Å². The molecule has 2 heterocycles. The van der Waals surface area contributed by atoms with Gasteiger partial charge in [-0.3, -0.25) is 0 Å². The fourth-order valence-electron chi connectivity index (χ4n) is 2.66. The lowest BCUT2D eigenvalue weighted by atomic mass is 10.0. The zero-order chi connectivity index (χ0) is 17.0. The van der Waals surface area contributed by atoms with E-state index in [9.17, 15) is 15.2 Å². The Balaban J connectivity index is 1.81. The standard InChI is InChI=1S/C14H22N4O3S2/c1-10-4-3-5-16(6-10)14(22)23-9-12(19)7-17-8-13(18(20)21)15-11(17)2/h8,10,12,19H,3-7,9H2,1-2H3. The third-order valence-corrected chi connectivity index (χ3v) is 5.54. The Morgan fingerprint density at radius 2 is 2.43 bits per heavy atom. The first-order valence-electron chi connectivity index (χ1n) is 7.64. The second-order valence-corrected chi connectivity index (χ2v) is 7.63. The fourth-order valence-corrected chi connectivity index (χ4v) is 3.82. The van der Waals surface area contributed by atoms with E-state index in [0.717, 1.165) is 23.8 Å². The van der Waals surface area contributed by atoms with Crippen LogP contribution in [-0.2, 0) is 6.54 Å². The summed E-state index contributed by atoms with van der Waals surface area (Å²) in [6.45, 7) is 6.15. The Hall–Kier alpha value is -1.19. The lowest BCUT2D eigenvalue weighted by molar-refractivity contribution is -0.389. The Labute approximate surface area is 145 Å². The quantitative estimate of drug-likeness (QED) is 0.491. The van der Waals surface area contributed by atoms with E-state index >= 15 is 0 Å². The zero-order valence-electron chi connectivity index (χ0n) is 13.3. The molecule has 2 atom stereocenters. The summed E-state index contributed by atoms with van der Waals surface area (Å²) in [6, 6.07) is 0. The van der Waals surface area contributed by atoms with Crippen LogP contribution >= 0.6 is 24.0 Å². The van der Waals surface area contributed by atoms with Crippen LogP contribution < -0.4 is 0 Å². The number of rotatable bonds is 5. The molecule has 1 N–H and O–H groups in total. The van der Waals surface area contributed by atoms with Gasteiger partial charge in [-0.05, 0) is 28.7 Å². The van der Waals surface area contributed by atoms with E-state index < -0.39 is 11.0 Å². The first kappa shape index (κ1) is 18.2. The summed E-state index contributed by atoms with van der Waals surface area (Å²) >= 11 is 6.91. The van der Waals surface area contributed by atoms with Crippen LogP contribution in [-0.4, -0.2) is 53.7 Å². The van der Waals surface area contributed by atoms with E-state index in [4.69, 9.17) is 12.2 Å². The average Bonchev–Trinajstić information content (AvgIpc) is 2.86. The molecule has 0 aromatic carbocycles. The minimum Gasteiger partial charge on any atom is -0.390 e. The van der Waals surface area contributed by atoms with Crippen LogP contribution in [0.3, 0.4) is 0 Å². The van der Waals surface area contributed by atoms with Crippen molar-refractivity contribution in [3.05, 3.63) is 22.1 Å². The molecule has 1 aliphatic heterocycles. The van der Waals surface area contributed by atoms with E-state index in [1.54, 1.807) is 11.5 Å². The van der Waals surface area contributed by atoms with Crippen LogP contribution in [0.2, 0.25) is 0 Å². The Kier molecular flexibility index (Phi) is 6.37. The number of nitrogens with zero attached hydrogens (tertiary/aromatic N) is 4. The van der Waals surface area contributed by atoms with E-state index in [0.29, 0.717) is 17.5 Å². The molecule has 9 heteroatoms. The largest absolute Gasteiger partial charge is 0.390 e. The molecule has 0 amide bonds. The molecule has 1 fully saturated rings. The highest BCUT2D eigenvalue weighted by atomic mass is 32.2. The van der Waals surface area contributed by atoms with Crippen LogP contribution in [0, 0.1) is 23.0 Å². The molecule has 128 valence electrons. The maximum Gasteiger partial charge on any atom is 0.381 e. The molecule has 0 aliphatic carbocycles. The summed E-state index contributed by atoms with van der Waals surface area (Å²) in [5.41, 5.74) is 0. The molecular formula is C14H22N4O3S2. The van der Waals surface area contributed by atoms with Crippen molar-refractivity contribution in [2.75, 3.05) is 18.8 Å². The monoisotopic (exact) mass is 358 g/mol. The summed E-state index contributed by atoms with van der Waals surface area (Å²) in [4.78, 5) is 16.2. The van der Waals surface area contributed by atoms with E-state index in [1.165, 1.54) is 24.4 Å². The van der Waals surface area contributed by atoms with Crippen LogP contribution in [0.4, 0.5) is 5.82 Å². The van der Waals surface area contributed by atoms with Crippen LogP contribution in [0.1, 0.15) is 25.6 Å². The Morgan fingerprint density at radius 1 is 1.70 bits per heavy atom. The van der Waals surface area contributed by atoms with Gasteiger partial charge in [-0.25, -0.2) is 0 Å². The van der Waals surface area contributed by atoms with Crippen molar-refractivity contribution in [2.24, 2.45) is 5.92 Å². The summed E-state index contributed by atoms with van der Waals surface area (Å²) in [5.74, 6) is 1.45. The average molecular weight is 358 g/mol. The van der Waals surface area contributed by atoms with Gasteiger partial charge in [-0.1, -0.05) is 30.9 Å². The predicted octanol–water partition coefficient (Wildman–Crippen LogP) is 2.21. The normalized spacial score (nSPS) is 19.6. The van der Waals surface area contributed by atoms with E-state index in [-0.39, 0.29) is 12.4 Å². The third-order valence-electron chi connectivity index (χ3n) is 3.87. The van der Waals surface area contributed by atoms with Crippen molar-refractivity contribution >= 4 is 34.1 Å². The van der Waals surface area contributed by atoms with Gasteiger partial charge in [-0.2, -0.15) is 0 Å². The Morgan fingerprint density at radius 3 is 3.04 bits per heavy atom. The molecule has 7 nitrogen and oxygen atoms in total. The lowest BCUT2D eigenvalue weighted by Crippen LogP contribution is -2.37. The number of aryl methyl sites for hydroxylation is 1. The number of hydrogen-bond donors (Lipinski definition) is 1. The minimum atomic E-state index is -0.632. The summed E-state index contributed by atoms with van der Waals surface area (Å²) in [6.07, 6.45) is 3.12. The minimum absolute atomic E-state index is 0.194. The van der Waals surface area contributed by atoms with Gasteiger partial charge in [-0.15, -0.1) is 0 Å². The highest BCUT2D eigenvalue weighted by Gasteiger charge is 2.21. The van der Waals surface area contributed by atoms with Crippen molar-refractivity contribution in [1.82, 2.24) is 14.5 Å². The maximum atomic E-state index is 10.7. The number of nitro groups is 1. The SMILES string of the molecule is Cc1nc([N+](=O)[O-])cn1CC(O)CSC(=S)N1CCCC(C)C1. The fraction of sp³-hybridized carbons (Fsp3) is 0.714. The van der Waals surface area contributed by atoms with Crippen molar-refractivity contribution in [3.63, 3.8) is 0 Å². The number of thioether (sulfide) groups is 1. The van der Waals surface area contributed by atoms with Crippen molar-refractivity contribution < 1.29 is 10.0 Å². The van der Waals surface area contributed by atoms with Crippen LogP contribution in [0.5, 0.6) is 0 Å². The van der Waals surface area contributed by atoms with Crippen molar-refractivity contribution in [2.45, 2.75) is 39.3 Å². The van der Waals surface area contributed by atoms with Crippen LogP contribution in [0.25, 0.3) is 0 Å². The molecule has 23 heavy (non-hydrogen) atoms. The molecule has 0 saturated carbocycles. The van der Waals surface area contributed by atoms with Gasteiger partial charge in [0, 0.05) is 25.8 Å². The number of aliphatic hydroxyl groups is 1. The highest BCUT2D eigenvalue weighted by Crippen LogP contribution is 2.21. The molecule has 1 aromatic heterocycles. The van der Waals surface area contributed by atoms with E-state index in [2.05, 4.69) is 16.8 Å². The Bertz CT molecular complexity index is 578. The molecule has 1 saturated heterocycles. The summed E-state index contributed by atoms with van der Waals surface area (Å²) < 4.78 is 2.43. The second kappa shape index (κ2) is 8.07. The number of hydrogen-bond acceptors (Lipinski definition) is 6. The number of likely N-dealkylation sites (tertiary alicyclic amines) is 1. The lowest BCUT2D eigenvalue weighted by Gasteiger charge is -2.32. The number of aromatic nitrogens is 2. The van der Waals surface area contributed by atoms with Crippen LogP contribution in [0.15, 0.2) is 6.20 Å². The molecule has 2 unspecified atom stereocenters. The molecule has 1 aromatic rings. The van der Waals surface area contributed by atoms with Gasteiger partial charge in [0.1, 0.15) is 10.5 Å². The predicted molar refractivity (Wildman–Crippen MR) is 94.7 cm³/mol. The van der Waals surface area contributed by atoms with Gasteiger partial charge in [0.15, 0.2) is 0 Å². The van der Waals surface area contributed by atoms with Crippen molar-refractivity contribution in [1.29, 1.82) is 0 Å². The summed E-state index contributed by atoms with van der Waals surface area (Å²) in [5, 5.41) is 20.9. The molecular weight excluding hydrogens is 336 g/mol. The third kappa shape index (κ3) is 5.15. The van der Waals surface area contributed by atoms with Gasteiger partial charge in [0.25, 0.3) is 0 Å². The molecule has 2 rings (SSSR count). The first-order chi connectivity index (χ1) is 10.9. The zero-order valence-corrected chi connectivity index (χ0v) is 15.0. The second-order valence-electron chi connectivity index (χ2n) is 5.98. The summed E-state index contributed by atoms with van der Waals surface area (Å²) in [7, 11) is 0. The highest BCUT2D eigenvalue weighted by molar-refractivity contribution is 8.22. The molecule has 0 bridgehead atoms. The van der Waals surface area contributed by atoms with Gasteiger partial charge in [0.05, 0.1) is 12.6 Å². The molecule has 0 spiro atoms. The van der Waals surface area contributed by atoms with Gasteiger partial charge in [0.2, 0.25) is 5.82 Å². The van der Waals surface area contributed by atoms with E-state index in [1.807, 2.05) is 0 Å². The smallest absolute Gasteiger partial charge is 0.381 e. The molecule has 0 radical (unpaired) electrons. The maximum absolute atomic E-state index is 10.7. The number of piperidine rings is 1. The van der Waals surface area contributed by atoms with Gasteiger partial charge >= 0.3 is 5.82 Å². The first-order valence-corrected chi connectivity index (χ1v) is 9.04. The number of aliphatic hydroxyl groups excluding tert-OH is 1. The number of imidazole rings is 1. The topological polar surface area (TPSA) is 84.4 Å². The number of thiocarbonyl (C=S) groups is 1.